The monoisotopic (exact) mass is 226 g/mol. The second-order valence-corrected chi connectivity index (χ2v) is 3.48. The number of aryl methyl sites for hydroxylation is 1. The van der Waals surface area contributed by atoms with Crippen LogP contribution in [0.5, 0.6) is 11.6 Å². The normalized spacial score (nSPS) is 9.65. The van der Waals surface area contributed by atoms with Gasteiger partial charge in [0.25, 0.3) is 0 Å². The van der Waals surface area contributed by atoms with E-state index in [1.807, 2.05) is 13.0 Å². The highest BCUT2D eigenvalue weighted by atomic mass is 16.5. The summed E-state index contributed by atoms with van der Waals surface area (Å²) < 4.78 is 5.46. The van der Waals surface area contributed by atoms with Crippen molar-refractivity contribution >= 4 is 5.69 Å². The molecule has 2 N–H and O–H groups in total. The van der Waals surface area contributed by atoms with Gasteiger partial charge in [-0.1, -0.05) is 0 Å². The van der Waals surface area contributed by atoms with E-state index in [9.17, 15) is 0 Å². The lowest BCUT2D eigenvalue weighted by Gasteiger charge is -2.06. The summed E-state index contributed by atoms with van der Waals surface area (Å²) >= 11 is 0. The molecule has 17 heavy (non-hydrogen) atoms. The highest BCUT2D eigenvalue weighted by molar-refractivity contribution is 5.57. The summed E-state index contributed by atoms with van der Waals surface area (Å²) in [6.07, 6.45) is 0. The van der Waals surface area contributed by atoms with Gasteiger partial charge in [-0.05, 0) is 31.2 Å². The number of rotatable bonds is 2. The van der Waals surface area contributed by atoms with E-state index >= 15 is 0 Å². The van der Waals surface area contributed by atoms with Crippen LogP contribution in [0.25, 0.3) is 0 Å². The molecule has 0 unspecified atom stereocenters. The quantitative estimate of drug-likeness (QED) is 0.792. The zero-order valence-corrected chi connectivity index (χ0v) is 9.21. The number of nitrogens with two attached hydrogens (primary N) is 1. The van der Waals surface area contributed by atoms with Crippen LogP contribution >= 0.6 is 0 Å². The van der Waals surface area contributed by atoms with Crippen LogP contribution in [0.3, 0.4) is 0 Å². The number of hydrogen-bond donors (Lipinski definition) is 1. The first-order valence-corrected chi connectivity index (χ1v) is 4.97. The standard InChI is InChI=1S/C12H10N4O/c1-8-2-5-12(16-15-8)17-11-4-3-9(7-13)6-10(11)14/h2-6H,14H2,1H3. The Balaban J connectivity index is 2.25. The molecule has 2 rings (SSSR count). The van der Waals surface area contributed by atoms with Gasteiger partial charge in [0.2, 0.25) is 5.88 Å². The van der Waals surface area contributed by atoms with Gasteiger partial charge in [0.05, 0.1) is 23.0 Å². The Kier molecular flexibility index (Phi) is 2.88. The molecule has 5 heteroatoms. The first-order valence-electron chi connectivity index (χ1n) is 4.97. The minimum absolute atomic E-state index is 0.368. The summed E-state index contributed by atoms with van der Waals surface area (Å²) in [5, 5.41) is 16.4. The van der Waals surface area contributed by atoms with Gasteiger partial charge in [-0.25, -0.2) is 0 Å². The minimum Gasteiger partial charge on any atom is -0.435 e. The first kappa shape index (κ1) is 10.9. The molecule has 0 amide bonds. The number of anilines is 1. The SMILES string of the molecule is Cc1ccc(Oc2ccc(C#N)cc2N)nn1. The van der Waals surface area contributed by atoms with E-state index in [1.54, 1.807) is 30.3 Å². The second kappa shape index (κ2) is 4.49. The van der Waals surface area contributed by atoms with Gasteiger partial charge in [-0.2, -0.15) is 10.4 Å². The smallest absolute Gasteiger partial charge is 0.238 e. The summed E-state index contributed by atoms with van der Waals surface area (Å²) in [7, 11) is 0. The molecular formula is C12H10N4O. The number of nitrogens with zero attached hydrogens (tertiary/aromatic N) is 3. The third-order valence-corrected chi connectivity index (χ3v) is 2.13. The average molecular weight is 226 g/mol. The average Bonchev–Trinajstić information content (AvgIpc) is 2.34. The number of benzene rings is 1. The van der Waals surface area contributed by atoms with Gasteiger partial charge in [0.15, 0.2) is 5.75 Å². The molecule has 0 atom stereocenters. The fraction of sp³-hybridized carbons (Fsp3) is 0.0833. The molecule has 0 radical (unpaired) electrons. The van der Waals surface area contributed by atoms with E-state index in [2.05, 4.69) is 10.2 Å². The maximum absolute atomic E-state index is 8.70. The molecule has 0 bridgehead atoms. The number of hydrogen-bond acceptors (Lipinski definition) is 5. The molecule has 1 aromatic heterocycles. The molecule has 0 aliphatic heterocycles. The lowest BCUT2D eigenvalue weighted by molar-refractivity contribution is 0.456. The molecule has 0 saturated carbocycles. The molecule has 0 aliphatic carbocycles. The zero-order chi connectivity index (χ0) is 12.3. The van der Waals surface area contributed by atoms with Gasteiger partial charge >= 0.3 is 0 Å². The van der Waals surface area contributed by atoms with Crippen LogP contribution in [0.15, 0.2) is 30.3 Å². The predicted octanol–water partition coefficient (Wildman–Crippen LogP) is 2.03. The lowest BCUT2D eigenvalue weighted by Crippen LogP contribution is -1.95. The number of nitriles is 1. The molecule has 0 saturated heterocycles. The van der Waals surface area contributed by atoms with E-state index in [4.69, 9.17) is 15.7 Å². The Bertz CT molecular complexity index is 572. The van der Waals surface area contributed by atoms with E-state index in [-0.39, 0.29) is 0 Å². The summed E-state index contributed by atoms with van der Waals surface area (Å²) in [5.74, 6) is 0.828. The summed E-state index contributed by atoms with van der Waals surface area (Å²) in [5.41, 5.74) is 7.45. The van der Waals surface area contributed by atoms with Gasteiger partial charge < -0.3 is 10.5 Å². The summed E-state index contributed by atoms with van der Waals surface area (Å²) in [4.78, 5) is 0. The van der Waals surface area contributed by atoms with Crippen molar-refractivity contribution in [2.45, 2.75) is 6.92 Å². The van der Waals surface area contributed by atoms with E-state index in [0.717, 1.165) is 5.69 Å². The maximum Gasteiger partial charge on any atom is 0.238 e. The number of nitrogen functional groups attached to an aromatic ring is 1. The molecule has 2 aromatic rings. The van der Waals surface area contributed by atoms with Crippen LogP contribution in [0.2, 0.25) is 0 Å². The molecular weight excluding hydrogens is 216 g/mol. The van der Waals surface area contributed by atoms with Gasteiger partial charge in [-0.3, -0.25) is 0 Å². The predicted molar refractivity (Wildman–Crippen MR) is 62.4 cm³/mol. The van der Waals surface area contributed by atoms with Crippen LogP contribution in [0, 0.1) is 18.3 Å². The van der Waals surface area contributed by atoms with Crippen molar-refractivity contribution in [2.24, 2.45) is 0 Å². The van der Waals surface area contributed by atoms with Crippen molar-refractivity contribution in [2.75, 3.05) is 5.73 Å². The fourth-order valence-electron chi connectivity index (χ4n) is 1.26. The van der Waals surface area contributed by atoms with Crippen molar-refractivity contribution in [3.8, 4) is 17.7 Å². The van der Waals surface area contributed by atoms with Crippen LogP contribution < -0.4 is 10.5 Å². The van der Waals surface area contributed by atoms with Crippen LogP contribution in [0.1, 0.15) is 11.3 Å². The zero-order valence-electron chi connectivity index (χ0n) is 9.21. The molecule has 0 aliphatic rings. The van der Waals surface area contributed by atoms with Crippen LogP contribution in [0.4, 0.5) is 5.69 Å². The molecule has 5 nitrogen and oxygen atoms in total. The Morgan fingerprint density at radius 1 is 1.24 bits per heavy atom. The second-order valence-electron chi connectivity index (χ2n) is 3.48. The van der Waals surface area contributed by atoms with Crippen LogP contribution in [-0.2, 0) is 0 Å². The lowest BCUT2D eigenvalue weighted by atomic mass is 10.2. The minimum atomic E-state index is 0.368. The van der Waals surface area contributed by atoms with Crippen molar-refractivity contribution in [1.82, 2.24) is 10.2 Å². The third-order valence-electron chi connectivity index (χ3n) is 2.13. The Hall–Kier alpha value is -2.61. The maximum atomic E-state index is 8.70. The van der Waals surface area contributed by atoms with E-state index < -0.39 is 0 Å². The molecule has 0 fully saturated rings. The fourth-order valence-corrected chi connectivity index (χ4v) is 1.26. The van der Waals surface area contributed by atoms with E-state index in [0.29, 0.717) is 22.9 Å². The van der Waals surface area contributed by atoms with E-state index in [1.165, 1.54) is 0 Å². The molecule has 84 valence electrons. The largest absolute Gasteiger partial charge is 0.435 e. The Labute approximate surface area is 98.5 Å². The Morgan fingerprint density at radius 2 is 2.06 bits per heavy atom. The summed E-state index contributed by atoms with van der Waals surface area (Å²) in [6.45, 7) is 1.84. The first-order chi connectivity index (χ1) is 8.19. The Morgan fingerprint density at radius 3 is 2.65 bits per heavy atom. The van der Waals surface area contributed by atoms with Crippen molar-refractivity contribution in [1.29, 1.82) is 5.26 Å². The number of aromatic nitrogens is 2. The molecule has 1 aromatic carbocycles. The molecule has 1 heterocycles. The van der Waals surface area contributed by atoms with Gasteiger partial charge in [-0.15, -0.1) is 5.10 Å². The van der Waals surface area contributed by atoms with Crippen molar-refractivity contribution in [3.63, 3.8) is 0 Å². The molecule has 0 spiro atoms. The third kappa shape index (κ3) is 2.49. The highest BCUT2D eigenvalue weighted by Crippen LogP contribution is 2.26. The highest BCUT2D eigenvalue weighted by Gasteiger charge is 2.04. The van der Waals surface area contributed by atoms with Crippen LogP contribution in [-0.4, -0.2) is 10.2 Å². The topological polar surface area (TPSA) is 84.8 Å². The van der Waals surface area contributed by atoms with Gasteiger partial charge in [0.1, 0.15) is 0 Å². The summed E-state index contributed by atoms with van der Waals surface area (Å²) in [6, 6.07) is 10.3. The van der Waals surface area contributed by atoms with Crippen molar-refractivity contribution < 1.29 is 4.74 Å². The van der Waals surface area contributed by atoms with Crippen molar-refractivity contribution in [3.05, 3.63) is 41.6 Å². The number of ether oxygens (including phenoxy) is 1. The van der Waals surface area contributed by atoms with Gasteiger partial charge in [0, 0.05) is 6.07 Å².